The Morgan fingerprint density at radius 3 is 1.67 bits per heavy atom. The van der Waals surface area contributed by atoms with E-state index in [0.29, 0.717) is 0 Å². The topological polar surface area (TPSA) is 83.6 Å². The van der Waals surface area contributed by atoms with Crippen molar-refractivity contribution in [2.75, 3.05) is 12.1 Å². The van der Waals surface area contributed by atoms with E-state index < -0.39 is 37.0 Å². The predicted molar refractivity (Wildman–Crippen MR) is 84.8 cm³/mol. The molecule has 8 heteroatoms. The second-order valence-electron chi connectivity index (χ2n) is 7.96. The van der Waals surface area contributed by atoms with Crippen LogP contribution in [0.25, 0.3) is 0 Å². The Morgan fingerprint density at radius 2 is 1.43 bits per heavy atom. The van der Waals surface area contributed by atoms with Gasteiger partial charge in [-0.25, -0.2) is 21.6 Å². The molecule has 0 bridgehead atoms. The Labute approximate surface area is 129 Å². The molecule has 0 aromatic carbocycles. The summed E-state index contributed by atoms with van der Waals surface area (Å²) in [5.74, 6) is -0.548. The number of nitrogens with zero attached hydrogens (tertiary/aromatic N) is 1. The summed E-state index contributed by atoms with van der Waals surface area (Å²) in [5, 5.41) is 0. The average Bonchev–Trinajstić information content (AvgIpc) is 2.90. The van der Waals surface area contributed by atoms with Crippen molar-refractivity contribution < 1.29 is 16.8 Å². The van der Waals surface area contributed by atoms with E-state index in [2.05, 4.69) is 4.72 Å². The van der Waals surface area contributed by atoms with E-state index >= 15 is 0 Å². The summed E-state index contributed by atoms with van der Waals surface area (Å²) >= 11 is 0. The molecule has 1 fully saturated rings. The van der Waals surface area contributed by atoms with Crippen molar-refractivity contribution >= 4 is 20.0 Å². The molecule has 0 aliphatic heterocycles. The third kappa shape index (κ3) is 4.64. The molecule has 1 rings (SSSR count). The number of hydrogen-bond acceptors (Lipinski definition) is 4. The van der Waals surface area contributed by atoms with Gasteiger partial charge in [0.15, 0.2) is 0 Å². The van der Waals surface area contributed by atoms with Gasteiger partial charge in [-0.15, -0.1) is 0 Å². The van der Waals surface area contributed by atoms with Gasteiger partial charge < -0.3 is 0 Å². The number of sulfonamides is 2. The van der Waals surface area contributed by atoms with Gasteiger partial charge in [0, 0.05) is 11.1 Å². The van der Waals surface area contributed by atoms with E-state index in [1.807, 2.05) is 20.8 Å². The molecule has 0 atom stereocenters. The summed E-state index contributed by atoms with van der Waals surface area (Å²) in [5.41, 5.74) is -1.44. The molecular weight excluding hydrogens is 312 g/mol. The van der Waals surface area contributed by atoms with E-state index in [1.54, 1.807) is 20.8 Å². The van der Waals surface area contributed by atoms with Crippen molar-refractivity contribution in [2.45, 2.75) is 65.5 Å². The van der Waals surface area contributed by atoms with Gasteiger partial charge in [-0.3, -0.25) is 0 Å². The highest BCUT2D eigenvalue weighted by Crippen LogP contribution is 2.50. The van der Waals surface area contributed by atoms with Gasteiger partial charge >= 0.3 is 0 Å². The summed E-state index contributed by atoms with van der Waals surface area (Å²) in [4.78, 5) is 0. The molecule has 1 N–H and O–H groups in total. The summed E-state index contributed by atoms with van der Waals surface area (Å²) < 4.78 is 52.3. The third-order valence-corrected chi connectivity index (χ3v) is 6.91. The van der Waals surface area contributed by atoms with Crippen LogP contribution in [-0.4, -0.2) is 44.4 Å². The molecule has 0 aromatic rings. The van der Waals surface area contributed by atoms with Crippen LogP contribution in [0.15, 0.2) is 0 Å². The summed E-state index contributed by atoms with van der Waals surface area (Å²) in [6, 6.07) is 0. The smallest absolute Gasteiger partial charge is 0.212 e. The summed E-state index contributed by atoms with van der Waals surface area (Å²) in [6.45, 7) is 11.0. The predicted octanol–water partition coefficient (Wildman–Crippen LogP) is 1.50. The zero-order chi connectivity index (χ0) is 16.9. The normalized spacial score (nSPS) is 19.8. The summed E-state index contributed by atoms with van der Waals surface area (Å²) in [7, 11) is -7.34. The lowest BCUT2D eigenvalue weighted by molar-refractivity contribution is 0.264. The van der Waals surface area contributed by atoms with Crippen molar-refractivity contribution in [3.05, 3.63) is 0 Å². The maximum atomic E-state index is 12.4. The molecule has 0 aromatic heterocycles. The molecule has 0 unspecified atom stereocenters. The van der Waals surface area contributed by atoms with Crippen LogP contribution in [0.1, 0.15) is 54.4 Å². The Hall–Kier alpha value is -0.180. The van der Waals surface area contributed by atoms with Crippen LogP contribution in [0.5, 0.6) is 0 Å². The van der Waals surface area contributed by atoms with Gasteiger partial charge in [-0.1, -0.05) is 20.8 Å². The summed E-state index contributed by atoms with van der Waals surface area (Å²) in [6.07, 6.45) is 2.60. The first-order valence-electron chi connectivity index (χ1n) is 7.00. The molecule has 0 radical (unpaired) electrons. The highest BCUT2D eigenvalue weighted by molar-refractivity contribution is 7.92. The van der Waals surface area contributed by atoms with Crippen molar-refractivity contribution in [3.8, 4) is 0 Å². The van der Waals surface area contributed by atoms with Gasteiger partial charge in [0.2, 0.25) is 20.0 Å². The second-order valence-corrected chi connectivity index (χ2v) is 11.6. The van der Waals surface area contributed by atoms with Gasteiger partial charge in [0.05, 0.1) is 6.26 Å². The number of hydrogen-bond donors (Lipinski definition) is 1. The highest BCUT2D eigenvalue weighted by Gasteiger charge is 2.54. The first kappa shape index (κ1) is 18.9. The molecule has 1 aliphatic rings. The molecular formula is C13H28N2O4S2. The van der Waals surface area contributed by atoms with Crippen LogP contribution >= 0.6 is 0 Å². The van der Waals surface area contributed by atoms with Crippen LogP contribution in [0.2, 0.25) is 0 Å². The van der Waals surface area contributed by atoms with E-state index in [1.165, 1.54) is 0 Å². The largest absolute Gasteiger partial charge is 0.226 e. The van der Waals surface area contributed by atoms with E-state index in [0.717, 1.165) is 23.4 Å². The van der Waals surface area contributed by atoms with E-state index in [-0.39, 0.29) is 5.41 Å². The van der Waals surface area contributed by atoms with Crippen molar-refractivity contribution in [2.24, 2.45) is 5.41 Å². The lowest BCUT2D eigenvalue weighted by Crippen LogP contribution is -2.53. The van der Waals surface area contributed by atoms with Gasteiger partial charge in [0.25, 0.3) is 0 Å². The first-order valence-corrected chi connectivity index (χ1v) is 10.5. The Morgan fingerprint density at radius 1 is 1.00 bits per heavy atom. The Bertz CT molecular complexity index is 591. The molecule has 0 saturated heterocycles. The SMILES string of the molecule is CC(C)(C)N(CS(=O)(=O)NC1(C(C)(C)C)CC1)S(C)(=O)=O. The minimum atomic E-state index is -3.73. The highest BCUT2D eigenvalue weighted by atomic mass is 32.2. The van der Waals surface area contributed by atoms with Crippen LogP contribution in [0.4, 0.5) is 0 Å². The molecule has 0 spiro atoms. The van der Waals surface area contributed by atoms with Crippen molar-refractivity contribution in [3.63, 3.8) is 0 Å². The van der Waals surface area contributed by atoms with Crippen molar-refractivity contribution in [1.82, 2.24) is 9.03 Å². The fraction of sp³-hybridized carbons (Fsp3) is 1.00. The monoisotopic (exact) mass is 340 g/mol. The Kier molecular flexibility index (Phi) is 4.65. The maximum Gasteiger partial charge on any atom is 0.226 e. The van der Waals surface area contributed by atoms with Crippen molar-refractivity contribution in [1.29, 1.82) is 0 Å². The van der Waals surface area contributed by atoms with Crippen LogP contribution < -0.4 is 4.72 Å². The maximum absolute atomic E-state index is 12.4. The van der Waals surface area contributed by atoms with E-state index in [9.17, 15) is 16.8 Å². The fourth-order valence-electron chi connectivity index (χ4n) is 2.40. The lowest BCUT2D eigenvalue weighted by Gasteiger charge is -2.35. The quantitative estimate of drug-likeness (QED) is 0.822. The van der Waals surface area contributed by atoms with Gasteiger partial charge in [-0.05, 0) is 39.0 Å². The molecule has 126 valence electrons. The third-order valence-electron chi connectivity index (χ3n) is 3.97. The standard InChI is InChI=1S/C13H28N2O4S2/c1-11(2,3)13(8-9-13)14-21(18,19)10-15(12(4,5)6)20(7,16)17/h14H,8-10H2,1-7H3. The Balaban J connectivity index is 3.00. The molecule has 21 heavy (non-hydrogen) atoms. The molecule has 0 heterocycles. The zero-order valence-electron chi connectivity index (χ0n) is 14.0. The lowest BCUT2D eigenvalue weighted by atomic mass is 9.85. The van der Waals surface area contributed by atoms with Gasteiger partial charge in [-0.2, -0.15) is 4.31 Å². The van der Waals surface area contributed by atoms with Crippen LogP contribution in [0.3, 0.4) is 0 Å². The second kappa shape index (κ2) is 5.18. The minimum absolute atomic E-state index is 0.197. The van der Waals surface area contributed by atoms with Crippen LogP contribution in [0, 0.1) is 5.41 Å². The fourth-order valence-corrected chi connectivity index (χ4v) is 6.44. The average molecular weight is 341 g/mol. The number of rotatable bonds is 5. The molecule has 6 nitrogen and oxygen atoms in total. The molecule has 0 amide bonds. The molecule has 1 saturated carbocycles. The first-order chi connectivity index (χ1) is 9.00. The number of nitrogens with one attached hydrogen (secondary N) is 1. The van der Waals surface area contributed by atoms with E-state index in [4.69, 9.17) is 0 Å². The van der Waals surface area contributed by atoms with Gasteiger partial charge in [0.1, 0.15) is 5.88 Å². The van der Waals surface area contributed by atoms with Crippen LogP contribution in [-0.2, 0) is 20.0 Å². The minimum Gasteiger partial charge on any atom is -0.212 e. The molecule has 1 aliphatic carbocycles. The zero-order valence-corrected chi connectivity index (χ0v) is 15.7.